The van der Waals surface area contributed by atoms with Crippen molar-refractivity contribution in [2.45, 2.75) is 50.9 Å². The van der Waals surface area contributed by atoms with E-state index in [1.54, 1.807) is 42.8 Å². The van der Waals surface area contributed by atoms with Crippen LogP contribution in [0.5, 0.6) is 0 Å². The third-order valence-corrected chi connectivity index (χ3v) is 7.30. The zero-order chi connectivity index (χ0) is 29.8. The van der Waals surface area contributed by atoms with Crippen molar-refractivity contribution in [2.75, 3.05) is 5.32 Å². The van der Waals surface area contributed by atoms with E-state index in [9.17, 15) is 9.59 Å². The van der Waals surface area contributed by atoms with E-state index in [1.165, 1.54) is 10.8 Å². The first kappa shape index (κ1) is 21.4. The highest BCUT2D eigenvalue weighted by molar-refractivity contribution is 5.87. The highest BCUT2D eigenvalue weighted by Gasteiger charge is 2.54. The SMILES string of the molecule is [2H]C([2H])([2H])n1c(=O)n(C(C)C)c2cc(Nc3ccc4cnc(C5(C(N)=O)CC(OCc6ccccc6)C5)n4n3)ncc21. The van der Waals surface area contributed by atoms with Gasteiger partial charge in [0.25, 0.3) is 0 Å². The molecule has 1 amide bonds. The summed E-state index contributed by atoms with van der Waals surface area (Å²) < 4.78 is 33.3. The smallest absolute Gasteiger partial charge is 0.329 e. The Bertz CT molecular complexity index is 1850. The number of ether oxygens (including phenoxy) is 1. The van der Waals surface area contributed by atoms with Crippen molar-refractivity contribution in [2.24, 2.45) is 12.7 Å². The van der Waals surface area contributed by atoms with Gasteiger partial charge in [-0.15, -0.1) is 5.10 Å². The van der Waals surface area contributed by atoms with Crippen molar-refractivity contribution in [1.29, 1.82) is 0 Å². The summed E-state index contributed by atoms with van der Waals surface area (Å²) in [6, 6.07) is 14.7. The Morgan fingerprint density at radius 3 is 2.67 bits per heavy atom. The fraction of sp³-hybridized carbons (Fsp3) is 0.321. The number of hydrogen-bond acceptors (Lipinski definition) is 7. The number of fused-ring (bicyclic) bond motifs is 2. The molecule has 3 N–H and O–H groups in total. The van der Waals surface area contributed by atoms with Crippen LogP contribution >= 0.6 is 0 Å². The fourth-order valence-electron chi connectivity index (χ4n) is 5.21. The van der Waals surface area contributed by atoms with E-state index in [0.717, 1.165) is 10.1 Å². The van der Waals surface area contributed by atoms with Gasteiger partial charge >= 0.3 is 5.69 Å². The molecule has 0 saturated heterocycles. The van der Waals surface area contributed by atoms with Crippen molar-refractivity contribution in [3.05, 3.63) is 82.8 Å². The second kappa shape index (κ2) is 9.35. The molecule has 0 radical (unpaired) electrons. The summed E-state index contributed by atoms with van der Waals surface area (Å²) >= 11 is 0. The Morgan fingerprint density at radius 2 is 1.95 bits per heavy atom. The molecule has 39 heavy (non-hydrogen) atoms. The molecule has 200 valence electrons. The molecular weight excluding hydrogens is 496 g/mol. The van der Waals surface area contributed by atoms with E-state index in [-0.39, 0.29) is 17.7 Å². The van der Waals surface area contributed by atoms with E-state index in [1.807, 2.05) is 30.3 Å². The normalized spacial score (nSPS) is 20.5. The lowest BCUT2D eigenvalue weighted by molar-refractivity contribution is -0.136. The molecule has 6 rings (SSSR count). The number of benzene rings is 1. The lowest BCUT2D eigenvalue weighted by Crippen LogP contribution is -2.55. The van der Waals surface area contributed by atoms with E-state index >= 15 is 0 Å². The number of carbonyl (C=O) groups excluding carboxylic acids is 1. The molecule has 1 aromatic carbocycles. The Morgan fingerprint density at radius 1 is 1.15 bits per heavy atom. The quantitative estimate of drug-likeness (QED) is 0.315. The zero-order valence-corrected chi connectivity index (χ0v) is 21.5. The van der Waals surface area contributed by atoms with Gasteiger partial charge in [-0.25, -0.2) is 19.3 Å². The highest BCUT2D eigenvalue weighted by atomic mass is 16.5. The molecular formula is C28H30N8O3. The maximum atomic E-state index is 13.0. The van der Waals surface area contributed by atoms with Gasteiger partial charge in [-0.2, -0.15) is 0 Å². The first-order chi connectivity index (χ1) is 20.0. The van der Waals surface area contributed by atoms with Crippen molar-refractivity contribution in [3.63, 3.8) is 0 Å². The van der Waals surface area contributed by atoms with Gasteiger partial charge < -0.3 is 15.8 Å². The van der Waals surface area contributed by atoms with Crippen LogP contribution in [0.4, 0.5) is 11.6 Å². The summed E-state index contributed by atoms with van der Waals surface area (Å²) in [6.07, 6.45) is 3.62. The van der Waals surface area contributed by atoms with Crippen LogP contribution in [0, 0.1) is 0 Å². The van der Waals surface area contributed by atoms with Gasteiger partial charge in [-0.05, 0) is 44.4 Å². The number of nitrogens with one attached hydrogen (secondary N) is 1. The van der Waals surface area contributed by atoms with Crippen LogP contribution in [0.15, 0.2) is 65.7 Å². The molecule has 0 unspecified atom stereocenters. The molecule has 5 aromatic rings. The molecule has 11 heteroatoms. The maximum Gasteiger partial charge on any atom is 0.329 e. The van der Waals surface area contributed by atoms with Crippen LogP contribution in [0.3, 0.4) is 0 Å². The monoisotopic (exact) mass is 529 g/mol. The second-order valence-corrected chi connectivity index (χ2v) is 10.2. The van der Waals surface area contributed by atoms with Crippen LogP contribution in [-0.2, 0) is 28.5 Å². The average Bonchev–Trinajstić information content (AvgIpc) is 3.46. The predicted molar refractivity (Wildman–Crippen MR) is 147 cm³/mol. The number of pyridine rings is 1. The molecule has 4 heterocycles. The molecule has 1 aliphatic rings. The summed E-state index contributed by atoms with van der Waals surface area (Å²) in [5.74, 6) is 0.696. The molecule has 11 nitrogen and oxygen atoms in total. The minimum atomic E-state index is -2.65. The molecule has 4 aromatic heterocycles. The molecule has 1 saturated carbocycles. The summed E-state index contributed by atoms with van der Waals surface area (Å²) in [4.78, 5) is 34.6. The summed E-state index contributed by atoms with van der Waals surface area (Å²) in [7, 11) is 0. The lowest BCUT2D eigenvalue weighted by atomic mass is 9.65. The van der Waals surface area contributed by atoms with Gasteiger partial charge in [0.05, 0.1) is 41.7 Å². The molecule has 0 spiro atoms. The highest BCUT2D eigenvalue weighted by Crippen LogP contribution is 2.45. The van der Waals surface area contributed by atoms with Gasteiger partial charge in [0.15, 0.2) is 5.82 Å². The van der Waals surface area contributed by atoms with Gasteiger partial charge in [0.2, 0.25) is 5.91 Å². The Labute approximate surface area is 228 Å². The summed E-state index contributed by atoms with van der Waals surface area (Å²) in [5, 5.41) is 7.80. The number of carbonyl (C=O) groups is 1. The van der Waals surface area contributed by atoms with Gasteiger partial charge in [-0.1, -0.05) is 30.3 Å². The number of aromatic nitrogens is 6. The van der Waals surface area contributed by atoms with E-state index in [2.05, 4.69) is 20.4 Å². The fourth-order valence-corrected chi connectivity index (χ4v) is 5.21. The Kier molecular flexibility index (Phi) is 5.14. The maximum absolute atomic E-state index is 13.0. The molecule has 0 bridgehead atoms. The number of imidazole rings is 2. The van der Waals surface area contributed by atoms with Crippen molar-refractivity contribution >= 4 is 34.1 Å². The van der Waals surface area contributed by atoms with E-state index in [4.69, 9.17) is 14.6 Å². The van der Waals surface area contributed by atoms with Crippen molar-refractivity contribution < 1.29 is 13.6 Å². The van der Waals surface area contributed by atoms with E-state index in [0.29, 0.717) is 47.9 Å². The third kappa shape index (κ3) is 4.15. The number of nitrogens with zero attached hydrogens (tertiary/aromatic N) is 6. The predicted octanol–water partition coefficient (Wildman–Crippen LogP) is 3.20. The Balaban J connectivity index is 1.29. The average molecular weight is 530 g/mol. The molecule has 1 fully saturated rings. The number of aryl methyl sites for hydroxylation is 1. The number of rotatable bonds is 8. The van der Waals surface area contributed by atoms with Crippen LogP contribution in [0.1, 0.15) is 48.2 Å². The number of amides is 1. The zero-order valence-electron chi connectivity index (χ0n) is 24.5. The first-order valence-electron chi connectivity index (χ1n) is 14.2. The minimum Gasteiger partial charge on any atom is -0.373 e. The number of hydrogen-bond donors (Lipinski definition) is 2. The number of anilines is 2. The van der Waals surface area contributed by atoms with Crippen LogP contribution in [0.2, 0.25) is 0 Å². The van der Waals surface area contributed by atoms with Crippen molar-refractivity contribution in [3.8, 4) is 0 Å². The van der Waals surface area contributed by atoms with Crippen LogP contribution < -0.4 is 16.7 Å². The number of nitrogens with two attached hydrogens (primary N) is 1. The number of primary amides is 1. The third-order valence-electron chi connectivity index (χ3n) is 7.30. The van der Waals surface area contributed by atoms with Gasteiger partial charge in [0, 0.05) is 23.2 Å². The van der Waals surface area contributed by atoms with Gasteiger partial charge in [-0.3, -0.25) is 13.9 Å². The summed E-state index contributed by atoms with van der Waals surface area (Å²) in [6.45, 7) is 1.40. The largest absolute Gasteiger partial charge is 0.373 e. The van der Waals surface area contributed by atoms with Crippen LogP contribution in [0.25, 0.3) is 16.6 Å². The molecule has 0 aliphatic heterocycles. The van der Waals surface area contributed by atoms with Gasteiger partial charge in [0.1, 0.15) is 17.1 Å². The lowest BCUT2D eigenvalue weighted by Gasteiger charge is -2.43. The molecule has 1 aliphatic carbocycles. The van der Waals surface area contributed by atoms with E-state index < -0.39 is 24.0 Å². The first-order valence-corrected chi connectivity index (χ1v) is 12.7. The van der Waals surface area contributed by atoms with Crippen molar-refractivity contribution in [1.82, 2.24) is 28.7 Å². The second-order valence-electron chi connectivity index (χ2n) is 10.2. The molecule has 0 atom stereocenters. The topological polar surface area (TPSA) is 134 Å². The minimum absolute atomic E-state index is 0.150. The van der Waals surface area contributed by atoms with Crippen LogP contribution in [-0.4, -0.2) is 40.7 Å². The summed E-state index contributed by atoms with van der Waals surface area (Å²) in [5.41, 5.74) is 6.61. The Hall–Kier alpha value is -4.51. The standard InChI is InChI=1S/C28H30N8O3/c1-17(2)35-21-11-24(30-15-22(21)34(3)27(35)38)32-23-10-9-19-14-31-26(36(19)33-23)28(25(29)37)12-20(13-28)39-16-18-7-5-4-6-8-18/h4-11,14-15,17,20H,12-13,16H2,1-3H3,(H2,29,37)(H,30,32,33)/i3D3.